The Balaban J connectivity index is 2.32. The molecule has 1 aliphatic rings. The number of aliphatic carboxylic acids is 1. The van der Waals surface area contributed by atoms with Crippen LogP contribution < -0.4 is 0 Å². The SMILES string of the molecule is C[C@@H]1CCC(C(C)(C)c2ccccc2)C([C@H](Cl)C(=O)O)C1. The van der Waals surface area contributed by atoms with Crippen LogP contribution in [0.2, 0.25) is 0 Å². The van der Waals surface area contributed by atoms with Crippen LogP contribution in [0.5, 0.6) is 0 Å². The third-order valence-electron chi connectivity index (χ3n) is 5.22. The highest BCUT2D eigenvalue weighted by Gasteiger charge is 2.44. The molecule has 3 heteroatoms. The molecule has 116 valence electrons. The molecular formula is C18H25ClO2. The summed E-state index contributed by atoms with van der Waals surface area (Å²) < 4.78 is 0. The van der Waals surface area contributed by atoms with Gasteiger partial charge in [0.05, 0.1) is 0 Å². The van der Waals surface area contributed by atoms with Crippen molar-refractivity contribution in [2.45, 2.75) is 50.8 Å². The highest BCUT2D eigenvalue weighted by molar-refractivity contribution is 6.29. The van der Waals surface area contributed by atoms with Crippen LogP contribution in [0.3, 0.4) is 0 Å². The van der Waals surface area contributed by atoms with E-state index in [-0.39, 0.29) is 11.3 Å². The van der Waals surface area contributed by atoms with Crippen molar-refractivity contribution < 1.29 is 9.90 Å². The minimum Gasteiger partial charge on any atom is -0.480 e. The number of hydrogen-bond acceptors (Lipinski definition) is 1. The number of benzene rings is 1. The predicted octanol–water partition coefficient (Wildman–Crippen LogP) is 4.71. The zero-order valence-electron chi connectivity index (χ0n) is 13.1. The molecule has 21 heavy (non-hydrogen) atoms. The normalized spacial score (nSPS) is 28.1. The Labute approximate surface area is 132 Å². The fourth-order valence-electron chi connectivity index (χ4n) is 3.91. The minimum atomic E-state index is -0.885. The molecule has 2 rings (SSSR count). The van der Waals surface area contributed by atoms with Gasteiger partial charge in [-0.15, -0.1) is 11.6 Å². The second-order valence-corrected chi connectivity index (χ2v) is 7.49. The topological polar surface area (TPSA) is 37.3 Å². The number of halogens is 1. The van der Waals surface area contributed by atoms with Gasteiger partial charge < -0.3 is 5.11 Å². The molecule has 2 unspecified atom stereocenters. The molecular weight excluding hydrogens is 284 g/mol. The molecule has 0 amide bonds. The summed E-state index contributed by atoms with van der Waals surface area (Å²) >= 11 is 6.25. The van der Waals surface area contributed by atoms with Crippen molar-refractivity contribution in [2.75, 3.05) is 0 Å². The van der Waals surface area contributed by atoms with Crippen molar-refractivity contribution >= 4 is 17.6 Å². The van der Waals surface area contributed by atoms with Gasteiger partial charge in [0.2, 0.25) is 0 Å². The van der Waals surface area contributed by atoms with E-state index >= 15 is 0 Å². The monoisotopic (exact) mass is 308 g/mol. The molecule has 0 bridgehead atoms. The summed E-state index contributed by atoms with van der Waals surface area (Å²) in [4.78, 5) is 11.4. The highest BCUT2D eigenvalue weighted by atomic mass is 35.5. The van der Waals surface area contributed by atoms with Gasteiger partial charge in [-0.05, 0) is 41.6 Å². The zero-order chi connectivity index (χ0) is 15.6. The number of carboxylic acid groups (broad SMARTS) is 1. The summed E-state index contributed by atoms with van der Waals surface area (Å²) in [5, 5.41) is 8.55. The molecule has 1 fully saturated rings. The van der Waals surface area contributed by atoms with Crippen LogP contribution in [0.1, 0.15) is 45.6 Å². The van der Waals surface area contributed by atoms with E-state index in [1.165, 1.54) is 5.56 Å². The van der Waals surface area contributed by atoms with Gasteiger partial charge >= 0.3 is 5.97 Å². The van der Waals surface area contributed by atoms with E-state index in [2.05, 4.69) is 32.9 Å². The van der Waals surface area contributed by atoms with Gasteiger partial charge in [-0.2, -0.15) is 0 Å². The quantitative estimate of drug-likeness (QED) is 0.818. The molecule has 0 saturated heterocycles. The van der Waals surface area contributed by atoms with Crippen molar-refractivity contribution in [1.82, 2.24) is 0 Å². The number of alkyl halides is 1. The van der Waals surface area contributed by atoms with Crippen molar-refractivity contribution in [1.29, 1.82) is 0 Å². The van der Waals surface area contributed by atoms with Gasteiger partial charge in [0.15, 0.2) is 0 Å². The summed E-state index contributed by atoms with van der Waals surface area (Å²) in [7, 11) is 0. The smallest absolute Gasteiger partial charge is 0.321 e. The molecule has 0 aliphatic heterocycles. The van der Waals surface area contributed by atoms with E-state index in [0.717, 1.165) is 19.3 Å². The van der Waals surface area contributed by atoms with Gasteiger partial charge in [0.1, 0.15) is 5.38 Å². The van der Waals surface area contributed by atoms with E-state index in [9.17, 15) is 9.90 Å². The van der Waals surface area contributed by atoms with Gasteiger partial charge in [-0.25, -0.2) is 0 Å². The van der Waals surface area contributed by atoms with E-state index in [4.69, 9.17) is 11.6 Å². The fraction of sp³-hybridized carbons (Fsp3) is 0.611. The summed E-state index contributed by atoms with van der Waals surface area (Å²) in [5.74, 6) is 0.000810. The largest absolute Gasteiger partial charge is 0.480 e. The van der Waals surface area contributed by atoms with E-state index < -0.39 is 11.3 Å². The van der Waals surface area contributed by atoms with Gasteiger partial charge in [-0.3, -0.25) is 4.79 Å². The highest BCUT2D eigenvalue weighted by Crippen LogP contribution is 2.47. The Morgan fingerprint density at radius 3 is 2.48 bits per heavy atom. The third-order valence-corrected chi connectivity index (χ3v) is 5.73. The maximum Gasteiger partial charge on any atom is 0.321 e. The minimum absolute atomic E-state index is 0.0307. The van der Waals surface area contributed by atoms with E-state index in [1.807, 2.05) is 18.2 Å². The first kappa shape index (κ1) is 16.4. The van der Waals surface area contributed by atoms with Crippen molar-refractivity contribution in [3.8, 4) is 0 Å². The average molecular weight is 309 g/mol. The Hall–Kier alpha value is -1.02. The Bertz CT molecular complexity index is 483. The van der Waals surface area contributed by atoms with Crippen molar-refractivity contribution in [3.05, 3.63) is 35.9 Å². The van der Waals surface area contributed by atoms with Crippen molar-refractivity contribution in [2.24, 2.45) is 17.8 Å². The molecule has 1 aromatic rings. The molecule has 0 heterocycles. The molecule has 4 atom stereocenters. The molecule has 0 spiro atoms. The molecule has 0 aromatic heterocycles. The predicted molar refractivity (Wildman–Crippen MR) is 86.7 cm³/mol. The molecule has 1 aromatic carbocycles. The van der Waals surface area contributed by atoms with Gasteiger partial charge in [0.25, 0.3) is 0 Å². The Morgan fingerprint density at radius 2 is 1.90 bits per heavy atom. The lowest BCUT2D eigenvalue weighted by atomic mass is 9.60. The third kappa shape index (κ3) is 3.42. The molecule has 0 radical (unpaired) electrons. The second kappa shape index (κ2) is 6.39. The van der Waals surface area contributed by atoms with Crippen LogP contribution in [0.15, 0.2) is 30.3 Å². The van der Waals surface area contributed by atoms with Crippen LogP contribution in [0.4, 0.5) is 0 Å². The lowest BCUT2D eigenvalue weighted by molar-refractivity contribution is -0.138. The standard InChI is InChI=1S/C18H25ClO2/c1-12-9-10-15(14(11-12)16(19)17(20)21)18(2,3)13-7-5-4-6-8-13/h4-8,12,14-16H,9-11H2,1-3H3,(H,20,21)/t12-,14?,15?,16+/m1/s1. The lowest BCUT2D eigenvalue weighted by Gasteiger charge is -2.45. The maximum atomic E-state index is 11.4. The average Bonchev–Trinajstić information content (AvgIpc) is 2.47. The maximum absolute atomic E-state index is 11.4. The fourth-order valence-corrected chi connectivity index (χ4v) is 4.19. The van der Waals surface area contributed by atoms with E-state index in [0.29, 0.717) is 11.8 Å². The number of hydrogen-bond donors (Lipinski definition) is 1. The van der Waals surface area contributed by atoms with Crippen molar-refractivity contribution in [3.63, 3.8) is 0 Å². The summed E-state index contributed by atoms with van der Waals surface area (Å²) in [6.45, 7) is 6.65. The van der Waals surface area contributed by atoms with Crippen LogP contribution >= 0.6 is 11.6 Å². The number of rotatable bonds is 4. The number of carbonyl (C=O) groups is 1. The molecule has 1 aliphatic carbocycles. The first-order valence-corrected chi connectivity index (χ1v) is 8.20. The van der Waals surface area contributed by atoms with E-state index in [1.54, 1.807) is 0 Å². The first-order chi connectivity index (χ1) is 9.84. The van der Waals surface area contributed by atoms with Crippen LogP contribution in [0, 0.1) is 17.8 Å². The summed E-state index contributed by atoms with van der Waals surface area (Å²) in [5.41, 5.74) is 1.21. The Kier molecular flexibility index (Phi) is 4.98. The van der Waals surface area contributed by atoms with Gasteiger partial charge in [0, 0.05) is 0 Å². The zero-order valence-corrected chi connectivity index (χ0v) is 13.8. The summed E-state index contributed by atoms with van der Waals surface area (Å²) in [6.07, 6.45) is 3.10. The van der Waals surface area contributed by atoms with Gasteiger partial charge in [-0.1, -0.05) is 57.5 Å². The number of carboxylic acids is 1. The van der Waals surface area contributed by atoms with Crippen LogP contribution in [-0.2, 0) is 10.2 Å². The molecule has 1 N–H and O–H groups in total. The Morgan fingerprint density at radius 1 is 1.29 bits per heavy atom. The summed E-state index contributed by atoms with van der Waals surface area (Å²) in [6, 6.07) is 10.4. The second-order valence-electron chi connectivity index (χ2n) is 7.02. The van der Waals surface area contributed by atoms with Crippen LogP contribution in [0.25, 0.3) is 0 Å². The lowest BCUT2D eigenvalue weighted by Crippen LogP contribution is -2.43. The van der Waals surface area contributed by atoms with Crippen LogP contribution in [-0.4, -0.2) is 16.5 Å². The molecule has 1 saturated carbocycles. The molecule has 2 nitrogen and oxygen atoms in total. The first-order valence-electron chi connectivity index (χ1n) is 7.76.